The highest BCUT2D eigenvalue weighted by atomic mass is 32.2. The van der Waals surface area contributed by atoms with Crippen LogP contribution in [0.15, 0.2) is 46.5 Å². The lowest BCUT2D eigenvalue weighted by molar-refractivity contribution is 0.103. The second-order valence-corrected chi connectivity index (χ2v) is 13.0. The van der Waals surface area contributed by atoms with Gasteiger partial charge >= 0.3 is 0 Å². The van der Waals surface area contributed by atoms with Crippen LogP contribution in [0.2, 0.25) is 0 Å². The van der Waals surface area contributed by atoms with E-state index in [-0.39, 0.29) is 34.7 Å². The summed E-state index contributed by atoms with van der Waals surface area (Å²) in [6, 6.07) is 6.37. The lowest BCUT2D eigenvalue weighted by Gasteiger charge is -2.31. The van der Waals surface area contributed by atoms with Gasteiger partial charge in [-0.25, -0.2) is 27.2 Å². The summed E-state index contributed by atoms with van der Waals surface area (Å²) >= 11 is 2.48. The molecule has 3 heterocycles. The molecule has 0 bridgehead atoms. The summed E-state index contributed by atoms with van der Waals surface area (Å²) in [5.74, 6) is -2.09. The van der Waals surface area contributed by atoms with Crippen molar-refractivity contribution in [1.82, 2.24) is 19.2 Å². The first-order valence-corrected chi connectivity index (χ1v) is 15.1. The van der Waals surface area contributed by atoms with E-state index in [0.717, 1.165) is 40.8 Å². The first-order valence-electron chi connectivity index (χ1n) is 11.8. The molecule has 1 aliphatic heterocycles. The summed E-state index contributed by atoms with van der Waals surface area (Å²) in [7, 11) is 0.294. The number of benzene rings is 1. The Hall–Kier alpha value is -2.65. The highest BCUT2D eigenvalue weighted by Crippen LogP contribution is 2.31. The second-order valence-electron chi connectivity index (χ2n) is 8.97. The maximum Gasteiger partial charge on any atom is 0.244 e. The van der Waals surface area contributed by atoms with Crippen LogP contribution in [0.25, 0.3) is 0 Å². The Morgan fingerprint density at radius 2 is 1.89 bits per heavy atom. The predicted octanol–water partition coefficient (Wildman–Crippen LogP) is 3.55. The van der Waals surface area contributed by atoms with Crippen molar-refractivity contribution in [3.05, 3.63) is 58.6 Å². The molecule has 0 aliphatic carbocycles. The van der Waals surface area contributed by atoms with Crippen LogP contribution in [0.3, 0.4) is 0 Å². The van der Waals surface area contributed by atoms with E-state index < -0.39 is 33.0 Å². The predicted molar refractivity (Wildman–Crippen MR) is 145 cm³/mol. The van der Waals surface area contributed by atoms with Crippen molar-refractivity contribution in [3.63, 3.8) is 0 Å². The first-order chi connectivity index (χ1) is 18.1. The Bertz CT molecular complexity index is 1370. The summed E-state index contributed by atoms with van der Waals surface area (Å²) in [4.78, 5) is 23.3. The van der Waals surface area contributed by atoms with Gasteiger partial charge in [0.25, 0.3) is 0 Å². The summed E-state index contributed by atoms with van der Waals surface area (Å²) in [5, 5.41) is 4.27. The Balaban J connectivity index is 1.35. The average Bonchev–Trinajstić information content (AvgIpc) is 3.24. The molecule has 14 heteroatoms. The number of piperidine rings is 1. The Morgan fingerprint density at radius 3 is 2.50 bits per heavy atom. The quantitative estimate of drug-likeness (QED) is 0.273. The molecule has 204 valence electrons. The fourth-order valence-electron chi connectivity index (χ4n) is 3.89. The maximum absolute atomic E-state index is 14.1. The number of nitrogens with two attached hydrogens (primary N) is 1. The van der Waals surface area contributed by atoms with Crippen LogP contribution in [-0.4, -0.2) is 78.9 Å². The number of hydrogen-bond donors (Lipinski definition) is 2. The Kier molecular flexibility index (Phi) is 8.98. The number of thiazole rings is 1. The zero-order chi connectivity index (χ0) is 27.4. The van der Waals surface area contributed by atoms with Gasteiger partial charge in [0.05, 0.1) is 10.6 Å². The Labute approximate surface area is 228 Å². The molecule has 3 N–H and O–H groups in total. The van der Waals surface area contributed by atoms with Gasteiger partial charge in [-0.2, -0.15) is 4.31 Å². The van der Waals surface area contributed by atoms with Crippen molar-refractivity contribution >= 4 is 49.9 Å². The number of nitrogens with zero attached hydrogens (tertiary/aromatic N) is 4. The van der Waals surface area contributed by atoms with E-state index >= 15 is 0 Å². The van der Waals surface area contributed by atoms with Crippen LogP contribution in [-0.2, 0) is 10.0 Å². The number of halogens is 2. The molecule has 9 nitrogen and oxygen atoms in total. The molecule has 1 fully saturated rings. The number of thioether (sulfide) groups is 1. The fourth-order valence-corrected chi connectivity index (χ4v) is 7.17. The number of sulfonamides is 1. The molecule has 38 heavy (non-hydrogen) atoms. The molecule has 2 aromatic heterocycles. The second kappa shape index (κ2) is 12.0. The largest absolute Gasteiger partial charge is 0.382 e. The van der Waals surface area contributed by atoms with Gasteiger partial charge in [0.2, 0.25) is 15.8 Å². The van der Waals surface area contributed by atoms with Crippen molar-refractivity contribution in [2.45, 2.75) is 28.8 Å². The molecule has 1 saturated heterocycles. The van der Waals surface area contributed by atoms with Crippen molar-refractivity contribution in [3.8, 4) is 0 Å². The van der Waals surface area contributed by atoms with Crippen LogP contribution in [0.4, 0.5) is 19.7 Å². The van der Waals surface area contributed by atoms with Gasteiger partial charge in [0.1, 0.15) is 27.2 Å². The normalized spacial score (nSPS) is 15.2. The molecule has 4 rings (SSSR count). The lowest BCUT2D eigenvalue weighted by Crippen LogP contribution is -2.42. The number of hydrogen-bond acceptors (Lipinski definition) is 10. The standard InChI is InChI=1S/C24H28F2N6O3S3/c1-31(2)12-13-36-19-7-6-16(14-28-19)38(34,35)32-10-8-15(9-11-32)29-24-30-23(27)22(37-24)21(33)20-17(25)4-3-5-18(20)26/h3-7,14-15H,8-13,27H2,1-2H3,(H,29,30). The monoisotopic (exact) mass is 582 g/mol. The number of nitrogen functional groups attached to an aromatic ring is 1. The van der Waals surface area contributed by atoms with Gasteiger partial charge < -0.3 is 16.0 Å². The van der Waals surface area contributed by atoms with Crippen molar-refractivity contribution < 1.29 is 22.0 Å². The maximum atomic E-state index is 14.1. The number of pyridine rings is 1. The third-order valence-electron chi connectivity index (χ3n) is 5.97. The van der Waals surface area contributed by atoms with Crippen LogP contribution in [0, 0.1) is 11.6 Å². The zero-order valence-electron chi connectivity index (χ0n) is 20.9. The molecule has 3 aromatic rings. The minimum absolute atomic E-state index is 0.0626. The van der Waals surface area contributed by atoms with Gasteiger partial charge in [-0.15, -0.1) is 11.8 Å². The summed E-state index contributed by atoms with van der Waals surface area (Å²) < 4.78 is 55.7. The molecular formula is C24H28F2N6O3S3. The molecule has 0 radical (unpaired) electrons. The molecule has 0 amide bonds. The van der Waals surface area contributed by atoms with E-state index in [4.69, 9.17) is 5.73 Å². The van der Waals surface area contributed by atoms with Gasteiger partial charge in [0, 0.05) is 37.6 Å². The third kappa shape index (κ3) is 6.49. The number of aromatic nitrogens is 2. The molecule has 1 aliphatic rings. The van der Waals surface area contributed by atoms with E-state index in [1.54, 1.807) is 23.9 Å². The minimum atomic E-state index is -3.68. The summed E-state index contributed by atoms with van der Waals surface area (Å²) in [5.41, 5.74) is 5.20. The summed E-state index contributed by atoms with van der Waals surface area (Å²) in [6.07, 6.45) is 2.39. The van der Waals surface area contributed by atoms with Crippen LogP contribution < -0.4 is 11.1 Å². The number of carbonyl (C=O) groups excluding carboxylic acids is 1. The number of nitrogens with one attached hydrogen (secondary N) is 1. The van der Waals surface area contributed by atoms with E-state index in [2.05, 4.69) is 20.2 Å². The smallest absolute Gasteiger partial charge is 0.244 e. The highest BCUT2D eigenvalue weighted by Gasteiger charge is 2.31. The minimum Gasteiger partial charge on any atom is -0.382 e. The van der Waals surface area contributed by atoms with Gasteiger partial charge in [-0.3, -0.25) is 4.79 Å². The third-order valence-corrected chi connectivity index (χ3v) is 9.77. The highest BCUT2D eigenvalue weighted by molar-refractivity contribution is 7.99. The van der Waals surface area contributed by atoms with Gasteiger partial charge in [-0.05, 0) is 51.2 Å². The Morgan fingerprint density at radius 1 is 1.21 bits per heavy atom. The molecular weight excluding hydrogens is 555 g/mol. The zero-order valence-corrected chi connectivity index (χ0v) is 23.3. The van der Waals surface area contributed by atoms with Crippen molar-refractivity contribution in [2.24, 2.45) is 0 Å². The van der Waals surface area contributed by atoms with Crippen LogP contribution in [0.5, 0.6) is 0 Å². The fraction of sp³-hybridized carbons (Fsp3) is 0.375. The lowest BCUT2D eigenvalue weighted by atomic mass is 10.1. The molecule has 0 spiro atoms. The number of anilines is 2. The van der Waals surface area contributed by atoms with Crippen LogP contribution >= 0.6 is 23.1 Å². The first kappa shape index (κ1) is 28.4. The number of ketones is 1. The summed E-state index contributed by atoms with van der Waals surface area (Å²) in [6.45, 7) is 1.46. The van der Waals surface area contributed by atoms with Gasteiger partial charge in [-0.1, -0.05) is 17.4 Å². The molecule has 0 atom stereocenters. The van der Waals surface area contributed by atoms with E-state index in [1.807, 2.05) is 14.1 Å². The van der Waals surface area contributed by atoms with Crippen molar-refractivity contribution in [2.75, 3.05) is 50.5 Å². The molecule has 1 aromatic carbocycles. The number of rotatable bonds is 10. The van der Waals surface area contributed by atoms with E-state index in [9.17, 15) is 22.0 Å². The number of carbonyl (C=O) groups is 1. The van der Waals surface area contributed by atoms with E-state index in [1.165, 1.54) is 16.6 Å². The molecule has 0 saturated carbocycles. The van der Waals surface area contributed by atoms with Crippen LogP contribution in [0.1, 0.15) is 28.1 Å². The van der Waals surface area contributed by atoms with E-state index in [0.29, 0.717) is 18.0 Å². The van der Waals surface area contributed by atoms with Gasteiger partial charge in [0.15, 0.2) is 5.13 Å². The van der Waals surface area contributed by atoms with Crippen molar-refractivity contribution in [1.29, 1.82) is 0 Å². The SMILES string of the molecule is CN(C)CCSc1ccc(S(=O)(=O)N2CCC(Nc3nc(N)c(C(=O)c4c(F)cccc4F)s3)CC2)cn1. The molecule has 0 unspecified atom stereocenters. The topological polar surface area (TPSA) is 122 Å². The average molecular weight is 583 g/mol.